The number of carbonyl (C=O) groups is 3. The molecule has 2 aromatic carbocycles. The number of aromatic nitrogens is 1. The molecule has 0 saturated carbocycles. The van der Waals surface area contributed by atoms with Crippen LogP contribution in [0.15, 0.2) is 48.7 Å². The van der Waals surface area contributed by atoms with Crippen molar-refractivity contribution in [2.75, 3.05) is 11.4 Å². The molecule has 8 heteroatoms. The Morgan fingerprint density at radius 1 is 1.15 bits per heavy atom. The molecule has 0 aliphatic carbocycles. The van der Waals surface area contributed by atoms with Crippen LogP contribution in [-0.2, 0) is 16.0 Å². The topological polar surface area (TPSA) is 94.3 Å². The van der Waals surface area contributed by atoms with E-state index in [9.17, 15) is 18.8 Å². The Morgan fingerprint density at radius 3 is 2.64 bits per heavy atom. The maximum Gasteiger partial charge on any atom is 0.329 e. The summed E-state index contributed by atoms with van der Waals surface area (Å²) in [6, 6.07) is 10.7. The number of urea groups is 1. The third kappa shape index (κ3) is 4.89. The molecular formula is C25H27FN4O3. The van der Waals surface area contributed by atoms with Gasteiger partial charge in [-0.05, 0) is 60.2 Å². The lowest BCUT2D eigenvalue weighted by atomic mass is 10.0. The third-order valence-corrected chi connectivity index (χ3v) is 5.94. The number of H-pyrrole nitrogens is 1. The number of nitrogens with one attached hydrogen (secondary N) is 3. The van der Waals surface area contributed by atoms with Crippen LogP contribution in [0.25, 0.3) is 10.9 Å². The highest BCUT2D eigenvalue weighted by atomic mass is 19.1. The van der Waals surface area contributed by atoms with E-state index in [0.29, 0.717) is 24.6 Å². The van der Waals surface area contributed by atoms with Gasteiger partial charge in [-0.3, -0.25) is 9.59 Å². The Balaban J connectivity index is 1.27. The largest absolute Gasteiger partial charge is 0.361 e. The van der Waals surface area contributed by atoms with E-state index >= 15 is 0 Å². The van der Waals surface area contributed by atoms with Crippen LogP contribution in [0, 0.1) is 5.82 Å². The van der Waals surface area contributed by atoms with Crippen molar-refractivity contribution in [2.24, 2.45) is 0 Å². The van der Waals surface area contributed by atoms with Gasteiger partial charge in [-0.1, -0.05) is 26.0 Å². The normalized spacial score (nSPS) is 16.0. The Labute approximate surface area is 191 Å². The average Bonchev–Trinajstić information content (AvgIpc) is 3.31. The molecule has 1 atom stereocenters. The lowest BCUT2D eigenvalue weighted by Crippen LogP contribution is -2.33. The van der Waals surface area contributed by atoms with Crippen LogP contribution >= 0.6 is 0 Å². The number of amides is 4. The molecule has 2 heterocycles. The zero-order valence-electron chi connectivity index (χ0n) is 18.7. The van der Waals surface area contributed by atoms with E-state index in [1.807, 2.05) is 18.3 Å². The van der Waals surface area contributed by atoms with Crippen molar-refractivity contribution in [1.82, 2.24) is 15.6 Å². The minimum absolute atomic E-state index is 0.110. The number of benzene rings is 2. The van der Waals surface area contributed by atoms with E-state index in [-0.39, 0.29) is 30.5 Å². The highest BCUT2D eigenvalue weighted by molar-refractivity contribution is 6.21. The second-order valence-corrected chi connectivity index (χ2v) is 8.56. The average molecular weight is 451 g/mol. The number of rotatable bonds is 8. The molecule has 172 valence electrons. The third-order valence-electron chi connectivity index (χ3n) is 5.94. The van der Waals surface area contributed by atoms with Gasteiger partial charge < -0.3 is 15.6 Å². The molecule has 0 radical (unpaired) electrons. The lowest BCUT2D eigenvalue weighted by Gasteiger charge is -2.14. The van der Waals surface area contributed by atoms with Gasteiger partial charge in [0, 0.05) is 30.1 Å². The van der Waals surface area contributed by atoms with E-state index in [1.165, 1.54) is 12.1 Å². The van der Waals surface area contributed by atoms with Crippen molar-refractivity contribution in [3.05, 3.63) is 65.6 Å². The fourth-order valence-electron chi connectivity index (χ4n) is 4.04. The Bertz CT molecular complexity index is 1190. The second-order valence-electron chi connectivity index (χ2n) is 8.56. The fraction of sp³-hybridized carbons (Fsp3) is 0.320. The first-order valence-electron chi connectivity index (χ1n) is 11.1. The highest BCUT2D eigenvalue weighted by Gasteiger charge is 2.38. The monoisotopic (exact) mass is 450 g/mol. The van der Waals surface area contributed by atoms with Crippen LogP contribution in [0.1, 0.15) is 43.7 Å². The summed E-state index contributed by atoms with van der Waals surface area (Å²) in [5.41, 5.74) is 3.40. The minimum atomic E-state index is -0.732. The van der Waals surface area contributed by atoms with Crippen molar-refractivity contribution < 1.29 is 18.8 Å². The molecule has 1 saturated heterocycles. The van der Waals surface area contributed by atoms with Crippen LogP contribution < -0.4 is 15.5 Å². The van der Waals surface area contributed by atoms with Crippen LogP contribution in [0.4, 0.5) is 14.9 Å². The number of imide groups is 1. The first-order valence-corrected chi connectivity index (χ1v) is 11.1. The van der Waals surface area contributed by atoms with Crippen LogP contribution in [0.5, 0.6) is 0 Å². The fourth-order valence-corrected chi connectivity index (χ4v) is 4.04. The molecule has 7 nitrogen and oxygen atoms in total. The van der Waals surface area contributed by atoms with Crippen molar-refractivity contribution in [3.8, 4) is 0 Å². The summed E-state index contributed by atoms with van der Waals surface area (Å²) in [6.07, 6.45) is 2.69. The molecule has 1 aliphatic heterocycles. The molecule has 3 N–H and O–H groups in total. The van der Waals surface area contributed by atoms with Gasteiger partial charge in [0.15, 0.2) is 0 Å². The SMILES string of the molecule is CC(C)c1ccc(N2C(=O)NC(CCC(=O)NCCc3c[nH]c4ccc(F)cc34)C2=O)cc1. The smallest absolute Gasteiger partial charge is 0.329 e. The summed E-state index contributed by atoms with van der Waals surface area (Å²) in [6.45, 7) is 4.54. The second kappa shape index (κ2) is 9.44. The van der Waals surface area contributed by atoms with E-state index in [0.717, 1.165) is 26.9 Å². The molecule has 1 aliphatic rings. The van der Waals surface area contributed by atoms with Gasteiger partial charge in [0.05, 0.1) is 5.69 Å². The summed E-state index contributed by atoms with van der Waals surface area (Å²) >= 11 is 0. The van der Waals surface area contributed by atoms with Gasteiger partial charge >= 0.3 is 6.03 Å². The number of carbonyl (C=O) groups excluding carboxylic acids is 3. The van der Waals surface area contributed by atoms with Crippen molar-refractivity contribution in [1.29, 1.82) is 0 Å². The first kappa shape index (κ1) is 22.5. The predicted octanol–water partition coefficient (Wildman–Crippen LogP) is 3.99. The van der Waals surface area contributed by atoms with Crippen molar-refractivity contribution in [2.45, 2.75) is 45.1 Å². The molecule has 1 fully saturated rings. The van der Waals surface area contributed by atoms with Crippen LogP contribution in [-0.4, -0.2) is 35.4 Å². The molecule has 4 rings (SSSR count). The highest BCUT2D eigenvalue weighted by Crippen LogP contribution is 2.24. The van der Waals surface area contributed by atoms with Gasteiger partial charge in [0.1, 0.15) is 11.9 Å². The Hall–Kier alpha value is -3.68. The maximum atomic E-state index is 13.5. The molecule has 0 spiro atoms. The molecule has 1 aromatic heterocycles. The molecule has 4 amide bonds. The van der Waals surface area contributed by atoms with Gasteiger partial charge in [0.2, 0.25) is 5.91 Å². The van der Waals surface area contributed by atoms with E-state index < -0.39 is 12.1 Å². The van der Waals surface area contributed by atoms with E-state index in [1.54, 1.807) is 18.2 Å². The number of anilines is 1. The molecule has 0 bridgehead atoms. The predicted molar refractivity (Wildman–Crippen MR) is 125 cm³/mol. The zero-order valence-corrected chi connectivity index (χ0v) is 18.7. The van der Waals surface area contributed by atoms with Gasteiger partial charge in [0.25, 0.3) is 5.91 Å². The maximum absolute atomic E-state index is 13.5. The Kier molecular flexibility index (Phi) is 6.44. The summed E-state index contributed by atoms with van der Waals surface area (Å²) in [5, 5.41) is 6.29. The molecule has 1 unspecified atom stereocenters. The van der Waals surface area contributed by atoms with Crippen LogP contribution in [0.2, 0.25) is 0 Å². The number of hydrogen-bond donors (Lipinski definition) is 3. The van der Waals surface area contributed by atoms with Crippen molar-refractivity contribution in [3.63, 3.8) is 0 Å². The van der Waals surface area contributed by atoms with Gasteiger partial charge in [-0.2, -0.15) is 0 Å². The molecular weight excluding hydrogens is 423 g/mol. The standard InChI is InChI=1S/C25H27FN4O3/c1-15(2)16-3-6-19(7-4-16)30-24(32)22(29-25(30)33)9-10-23(31)27-12-11-17-14-28-21-8-5-18(26)13-20(17)21/h3-8,13-15,22,28H,9-12H2,1-2H3,(H,27,31)(H,29,33). The molecule has 33 heavy (non-hydrogen) atoms. The summed E-state index contributed by atoms with van der Waals surface area (Å²) in [7, 11) is 0. The lowest BCUT2D eigenvalue weighted by molar-refractivity contribution is -0.121. The molecule has 3 aromatic rings. The number of aromatic amines is 1. The summed E-state index contributed by atoms with van der Waals surface area (Å²) in [4.78, 5) is 41.6. The van der Waals surface area contributed by atoms with E-state index in [4.69, 9.17) is 0 Å². The zero-order chi connectivity index (χ0) is 23.5. The van der Waals surface area contributed by atoms with Gasteiger partial charge in [-0.15, -0.1) is 0 Å². The minimum Gasteiger partial charge on any atom is -0.361 e. The first-order chi connectivity index (χ1) is 15.8. The quantitative estimate of drug-likeness (QED) is 0.453. The summed E-state index contributed by atoms with van der Waals surface area (Å²) < 4.78 is 13.5. The number of halogens is 1. The van der Waals surface area contributed by atoms with E-state index in [2.05, 4.69) is 29.5 Å². The number of fused-ring (bicyclic) bond motifs is 1. The number of nitrogens with zero attached hydrogens (tertiary/aromatic N) is 1. The van der Waals surface area contributed by atoms with Crippen LogP contribution in [0.3, 0.4) is 0 Å². The number of hydrogen-bond acceptors (Lipinski definition) is 3. The van der Waals surface area contributed by atoms with Gasteiger partial charge in [-0.25, -0.2) is 14.1 Å². The Morgan fingerprint density at radius 2 is 1.91 bits per heavy atom. The van der Waals surface area contributed by atoms with Crippen molar-refractivity contribution >= 4 is 34.4 Å². The summed E-state index contributed by atoms with van der Waals surface area (Å²) in [5.74, 6) is -0.514.